The van der Waals surface area contributed by atoms with Crippen molar-refractivity contribution < 1.29 is 9.50 Å². The van der Waals surface area contributed by atoms with Crippen LogP contribution in [0.25, 0.3) is 5.69 Å². The highest BCUT2D eigenvalue weighted by atomic mass is 19.1. The van der Waals surface area contributed by atoms with E-state index in [-0.39, 0.29) is 5.82 Å². The molecule has 1 aromatic heterocycles. The van der Waals surface area contributed by atoms with Crippen LogP contribution in [0.1, 0.15) is 24.4 Å². The first-order valence-corrected chi connectivity index (χ1v) is 5.08. The van der Waals surface area contributed by atoms with Crippen LogP contribution in [0.5, 0.6) is 0 Å². The largest absolute Gasteiger partial charge is 0.389 e. The van der Waals surface area contributed by atoms with Gasteiger partial charge in [0.1, 0.15) is 11.6 Å². The second-order valence-electron chi connectivity index (χ2n) is 3.70. The number of hydrogen-bond donors (Lipinski definition) is 1. The van der Waals surface area contributed by atoms with Gasteiger partial charge in [-0.3, -0.25) is 0 Å². The van der Waals surface area contributed by atoms with Gasteiger partial charge in [-0.2, -0.15) is 0 Å². The number of para-hydroxylation sites is 1. The van der Waals surface area contributed by atoms with Crippen molar-refractivity contribution in [2.24, 2.45) is 0 Å². The Morgan fingerprint density at radius 2 is 2.19 bits per heavy atom. The molecule has 0 amide bonds. The molecule has 0 spiro atoms. The Hall–Kier alpha value is -1.68. The highest BCUT2D eigenvalue weighted by molar-refractivity contribution is 5.44. The summed E-state index contributed by atoms with van der Waals surface area (Å²) in [5, 5.41) is 9.62. The number of aromatic nitrogens is 2. The van der Waals surface area contributed by atoms with Crippen LogP contribution in [-0.4, -0.2) is 14.7 Å². The minimum Gasteiger partial charge on any atom is -0.389 e. The van der Waals surface area contributed by atoms with E-state index in [1.165, 1.54) is 6.07 Å². The summed E-state index contributed by atoms with van der Waals surface area (Å²) in [4.78, 5) is 4.05. The van der Waals surface area contributed by atoms with Gasteiger partial charge < -0.3 is 9.67 Å². The lowest BCUT2D eigenvalue weighted by atomic mass is 10.1. The van der Waals surface area contributed by atoms with E-state index < -0.39 is 6.10 Å². The zero-order valence-corrected chi connectivity index (χ0v) is 9.18. The molecular formula is C12H13FN2O. The van der Waals surface area contributed by atoms with Crippen LogP contribution in [0.4, 0.5) is 4.39 Å². The Morgan fingerprint density at radius 3 is 2.75 bits per heavy atom. The quantitative estimate of drug-likeness (QED) is 0.843. The lowest BCUT2D eigenvalue weighted by Crippen LogP contribution is -2.06. The van der Waals surface area contributed by atoms with E-state index in [0.29, 0.717) is 17.1 Å². The monoisotopic (exact) mass is 220 g/mol. The Kier molecular flexibility index (Phi) is 2.75. The standard InChI is InChI=1S/C12H13FN2O/c1-8(16)10-4-3-5-11(13)12(10)15-7-6-14-9(15)2/h3-8,16H,1-2H3/t8-/m1/s1. The molecule has 2 rings (SSSR count). The summed E-state index contributed by atoms with van der Waals surface area (Å²) in [6, 6.07) is 4.68. The van der Waals surface area contributed by atoms with Gasteiger partial charge in [-0.05, 0) is 19.9 Å². The maximum Gasteiger partial charge on any atom is 0.147 e. The first-order valence-electron chi connectivity index (χ1n) is 5.08. The molecule has 1 heterocycles. The van der Waals surface area contributed by atoms with Crippen molar-refractivity contribution in [2.75, 3.05) is 0 Å². The minimum absolute atomic E-state index is 0.362. The normalized spacial score (nSPS) is 12.8. The molecule has 16 heavy (non-hydrogen) atoms. The molecule has 1 atom stereocenters. The maximum atomic E-state index is 13.8. The number of benzene rings is 1. The van der Waals surface area contributed by atoms with Gasteiger partial charge in [0.05, 0.1) is 11.8 Å². The zero-order valence-electron chi connectivity index (χ0n) is 9.18. The zero-order chi connectivity index (χ0) is 11.7. The van der Waals surface area contributed by atoms with Crippen molar-refractivity contribution in [2.45, 2.75) is 20.0 Å². The van der Waals surface area contributed by atoms with E-state index in [4.69, 9.17) is 0 Å². The van der Waals surface area contributed by atoms with Crippen molar-refractivity contribution in [1.29, 1.82) is 0 Å². The number of imidazole rings is 1. The molecule has 0 fully saturated rings. The predicted octanol–water partition coefficient (Wildman–Crippen LogP) is 2.37. The van der Waals surface area contributed by atoms with Crippen molar-refractivity contribution in [1.82, 2.24) is 9.55 Å². The van der Waals surface area contributed by atoms with Crippen molar-refractivity contribution in [3.05, 3.63) is 47.8 Å². The van der Waals surface area contributed by atoms with Crippen LogP contribution in [0.3, 0.4) is 0 Å². The highest BCUT2D eigenvalue weighted by Crippen LogP contribution is 2.25. The van der Waals surface area contributed by atoms with Gasteiger partial charge in [-0.15, -0.1) is 0 Å². The van der Waals surface area contributed by atoms with E-state index in [0.717, 1.165) is 0 Å². The molecule has 0 unspecified atom stereocenters. The number of hydrogen-bond acceptors (Lipinski definition) is 2. The first-order chi connectivity index (χ1) is 7.61. The highest BCUT2D eigenvalue weighted by Gasteiger charge is 2.15. The molecule has 0 saturated carbocycles. The molecule has 0 aliphatic rings. The van der Waals surface area contributed by atoms with Crippen molar-refractivity contribution in [3.8, 4) is 5.69 Å². The molecule has 0 radical (unpaired) electrons. The molecule has 2 aromatic rings. The number of nitrogens with zero attached hydrogens (tertiary/aromatic N) is 2. The summed E-state index contributed by atoms with van der Waals surface area (Å²) in [5.41, 5.74) is 0.925. The molecular weight excluding hydrogens is 207 g/mol. The molecule has 0 saturated heterocycles. The van der Waals surface area contributed by atoms with Gasteiger partial charge in [0, 0.05) is 18.0 Å². The lowest BCUT2D eigenvalue weighted by molar-refractivity contribution is 0.198. The SMILES string of the molecule is Cc1nccn1-c1c(F)cccc1[C@@H](C)O. The second-order valence-corrected chi connectivity index (χ2v) is 3.70. The molecule has 0 aliphatic carbocycles. The van der Waals surface area contributed by atoms with Gasteiger partial charge in [-0.1, -0.05) is 12.1 Å². The van der Waals surface area contributed by atoms with Gasteiger partial charge in [0.15, 0.2) is 0 Å². The predicted molar refractivity (Wildman–Crippen MR) is 58.9 cm³/mol. The van der Waals surface area contributed by atoms with Crippen LogP contribution < -0.4 is 0 Å². The molecule has 0 bridgehead atoms. The van der Waals surface area contributed by atoms with E-state index in [9.17, 15) is 9.50 Å². The lowest BCUT2D eigenvalue weighted by Gasteiger charge is -2.14. The molecule has 0 aliphatic heterocycles. The Morgan fingerprint density at radius 1 is 1.44 bits per heavy atom. The smallest absolute Gasteiger partial charge is 0.147 e. The molecule has 1 N–H and O–H groups in total. The third-order valence-corrected chi connectivity index (χ3v) is 2.53. The molecule has 3 nitrogen and oxygen atoms in total. The number of aliphatic hydroxyl groups excluding tert-OH is 1. The van der Waals surface area contributed by atoms with Crippen LogP contribution in [-0.2, 0) is 0 Å². The topological polar surface area (TPSA) is 38.0 Å². The fraction of sp³-hybridized carbons (Fsp3) is 0.250. The molecule has 4 heteroatoms. The summed E-state index contributed by atoms with van der Waals surface area (Å²) in [6.45, 7) is 3.41. The second kappa shape index (κ2) is 4.06. The Balaban J connectivity index is 2.68. The summed E-state index contributed by atoms with van der Waals surface area (Å²) in [6.07, 6.45) is 2.57. The molecule has 84 valence electrons. The average Bonchev–Trinajstić information content (AvgIpc) is 2.64. The number of aliphatic hydroxyl groups is 1. The fourth-order valence-electron chi connectivity index (χ4n) is 1.74. The van der Waals surface area contributed by atoms with Crippen molar-refractivity contribution >= 4 is 0 Å². The van der Waals surface area contributed by atoms with Gasteiger partial charge in [-0.25, -0.2) is 9.37 Å². The van der Waals surface area contributed by atoms with E-state index in [1.807, 2.05) is 0 Å². The van der Waals surface area contributed by atoms with Gasteiger partial charge >= 0.3 is 0 Å². The minimum atomic E-state index is -0.715. The fourth-order valence-corrected chi connectivity index (χ4v) is 1.74. The Labute approximate surface area is 93.2 Å². The number of halogens is 1. The number of rotatable bonds is 2. The van der Waals surface area contributed by atoms with Crippen LogP contribution >= 0.6 is 0 Å². The van der Waals surface area contributed by atoms with E-state index in [1.54, 1.807) is 42.9 Å². The van der Waals surface area contributed by atoms with Gasteiger partial charge in [0.25, 0.3) is 0 Å². The van der Waals surface area contributed by atoms with Crippen molar-refractivity contribution in [3.63, 3.8) is 0 Å². The Bertz CT molecular complexity index is 505. The summed E-state index contributed by atoms with van der Waals surface area (Å²) in [7, 11) is 0. The van der Waals surface area contributed by atoms with Gasteiger partial charge in [0.2, 0.25) is 0 Å². The van der Waals surface area contributed by atoms with Crippen LogP contribution in [0, 0.1) is 12.7 Å². The van der Waals surface area contributed by atoms with E-state index in [2.05, 4.69) is 4.98 Å². The van der Waals surface area contributed by atoms with Crippen LogP contribution in [0.15, 0.2) is 30.6 Å². The average molecular weight is 220 g/mol. The number of aryl methyl sites for hydroxylation is 1. The summed E-state index contributed by atoms with van der Waals surface area (Å²) >= 11 is 0. The van der Waals surface area contributed by atoms with E-state index >= 15 is 0 Å². The third-order valence-electron chi connectivity index (χ3n) is 2.53. The third kappa shape index (κ3) is 1.72. The molecule has 1 aromatic carbocycles. The summed E-state index contributed by atoms with van der Waals surface area (Å²) in [5.74, 6) is 0.325. The summed E-state index contributed by atoms with van der Waals surface area (Å²) < 4.78 is 15.4. The maximum absolute atomic E-state index is 13.8. The van der Waals surface area contributed by atoms with Crippen LogP contribution in [0.2, 0.25) is 0 Å². The first kappa shape index (κ1) is 10.8.